The molecular formula is C25H34FN3O2. The minimum Gasteiger partial charge on any atom is -0.370 e. The monoisotopic (exact) mass is 427 g/mol. The fraction of sp³-hybridized carbons (Fsp3) is 0.680. The van der Waals surface area contributed by atoms with Gasteiger partial charge in [0.25, 0.3) is 0 Å². The molecule has 5 nitrogen and oxygen atoms in total. The highest BCUT2D eigenvalue weighted by atomic mass is 19.1. The van der Waals surface area contributed by atoms with Gasteiger partial charge >= 0.3 is 0 Å². The van der Waals surface area contributed by atoms with Gasteiger partial charge in [0.1, 0.15) is 5.82 Å². The van der Waals surface area contributed by atoms with E-state index in [1.165, 1.54) is 57.1 Å². The van der Waals surface area contributed by atoms with Crippen LogP contribution >= 0.6 is 0 Å². The number of nitrogens with zero attached hydrogens (tertiary/aromatic N) is 2. The molecule has 31 heavy (non-hydrogen) atoms. The summed E-state index contributed by atoms with van der Waals surface area (Å²) in [5.41, 5.74) is 6.78. The Balaban J connectivity index is 1.31. The average molecular weight is 428 g/mol. The Bertz CT molecular complexity index is 841. The first kappa shape index (κ1) is 20.9. The second-order valence-corrected chi connectivity index (χ2v) is 10.2. The highest BCUT2D eigenvalue weighted by Crippen LogP contribution is 2.44. The number of hydrogen-bond acceptors (Lipinski definition) is 3. The lowest BCUT2D eigenvalue weighted by Gasteiger charge is -2.43. The Morgan fingerprint density at radius 1 is 1.06 bits per heavy atom. The molecule has 1 aromatic carbocycles. The van der Waals surface area contributed by atoms with Gasteiger partial charge < -0.3 is 10.6 Å². The van der Waals surface area contributed by atoms with Gasteiger partial charge in [0.2, 0.25) is 11.8 Å². The average Bonchev–Trinajstić information content (AvgIpc) is 2.91. The molecule has 3 fully saturated rings. The summed E-state index contributed by atoms with van der Waals surface area (Å²) in [6.45, 7) is 2.03. The minimum atomic E-state index is -0.651. The standard InChI is InChI=1S/C25H34FN3O2/c26-18-7-8-22-20(14-18)21(15-24(27)30)25(31)29(22)19-9-11-28(12-10-19)23-13-16-3-1-5-17(23)6-2-4-16/h7-8,14,16-17,19,21,23H,1-6,9-13,15H2,(H2,27,30). The molecule has 2 heterocycles. The van der Waals surface area contributed by atoms with Crippen molar-refractivity contribution < 1.29 is 14.0 Å². The Labute approximate surface area is 184 Å². The van der Waals surface area contributed by atoms with E-state index in [1.807, 2.05) is 4.90 Å². The fourth-order valence-corrected chi connectivity index (χ4v) is 6.92. The molecule has 0 spiro atoms. The molecule has 2 aliphatic carbocycles. The van der Waals surface area contributed by atoms with Crippen molar-refractivity contribution in [3.05, 3.63) is 29.6 Å². The molecular weight excluding hydrogens is 393 g/mol. The lowest BCUT2D eigenvalue weighted by Crippen LogP contribution is -2.51. The van der Waals surface area contributed by atoms with E-state index < -0.39 is 11.8 Å². The number of nitrogens with two attached hydrogens (primary N) is 1. The number of hydrogen-bond donors (Lipinski definition) is 1. The van der Waals surface area contributed by atoms with E-state index in [0.717, 1.165) is 43.5 Å². The van der Waals surface area contributed by atoms with Crippen LogP contribution in [0, 0.1) is 17.7 Å². The Hall–Kier alpha value is -1.95. The molecule has 0 aromatic heterocycles. The topological polar surface area (TPSA) is 66.6 Å². The predicted molar refractivity (Wildman–Crippen MR) is 118 cm³/mol. The minimum absolute atomic E-state index is 0.0597. The molecule has 2 N–H and O–H groups in total. The van der Waals surface area contributed by atoms with Crippen LogP contribution in [0.1, 0.15) is 75.7 Å². The Morgan fingerprint density at radius 3 is 2.45 bits per heavy atom. The highest BCUT2D eigenvalue weighted by molar-refractivity contribution is 6.07. The van der Waals surface area contributed by atoms with Crippen molar-refractivity contribution in [2.75, 3.05) is 18.0 Å². The van der Waals surface area contributed by atoms with Gasteiger partial charge in [-0.2, -0.15) is 0 Å². The van der Waals surface area contributed by atoms with Gasteiger partial charge in [-0.3, -0.25) is 14.5 Å². The molecule has 1 saturated heterocycles. The van der Waals surface area contributed by atoms with Crippen molar-refractivity contribution in [1.82, 2.24) is 4.90 Å². The number of anilines is 1. The van der Waals surface area contributed by atoms with Crippen molar-refractivity contribution >= 4 is 17.5 Å². The zero-order valence-electron chi connectivity index (χ0n) is 18.3. The van der Waals surface area contributed by atoms with Crippen molar-refractivity contribution in [3.8, 4) is 0 Å². The SMILES string of the molecule is NC(=O)CC1C(=O)N(C2CCN(C3CC4CCCC3CCC4)CC2)c2ccc(F)cc21. The van der Waals surface area contributed by atoms with Crippen LogP contribution in [0.25, 0.3) is 0 Å². The number of benzene rings is 1. The number of halogens is 1. The van der Waals surface area contributed by atoms with E-state index in [-0.39, 0.29) is 24.2 Å². The van der Waals surface area contributed by atoms with Crippen LogP contribution in [0.3, 0.4) is 0 Å². The summed E-state index contributed by atoms with van der Waals surface area (Å²) in [6.07, 6.45) is 11.5. The van der Waals surface area contributed by atoms with E-state index in [1.54, 1.807) is 6.07 Å². The van der Waals surface area contributed by atoms with Gasteiger partial charge in [0.15, 0.2) is 0 Å². The summed E-state index contributed by atoms with van der Waals surface area (Å²) in [5.74, 6) is 0.0835. The van der Waals surface area contributed by atoms with Crippen LogP contribution in [0.2, 0.25) is 0 Å². The molecule has 5 rings (SSSR count). The van der Waals surface area contributed by atoms with Crippen LogP contribution in [-0.2, 0) is 9.59 Å². The number of piperidine rings is 1. The molecule has 6 heteroatoms. The molecule has 2 amide bonds. The van der Waals surface area contributed by atoms with E-state index in [9.17, 15) is 14.0 Å². The lowest BCUT2D eigenvalue weighted by molar-refractivity contribution is -0.124. The molecule has 168 valence electrons. The smallest absolute Gasteiger partial charge is 0.235 e. The second kappa shape index (κ2) is 8.53. The molecule has 2 bridgehead atoms. The normalized spacial score (nSPS) is 32.0. The number of rotatable bonds is 4. The molecule has 2 unspecified atom stereocenters. The molecule has 0 radical (unpaired) electrons. The zero-order valence-corrected chi connectivity index (χ0v) is 18.3. The first-order valence-electron chi connectivity index (χ1n) is 12.2. The third kappa shape index (κ3) is 3.99. The van der Waals surface area contributed by atoms with Gasteiger partial charge in [0.05, 0.1) is 5.92 Å². The Kier molecular flexibility index (Phi) is 5.76. The Morgan fingerprint density at radius 2 is 1.77 bits per heavy atom. The number of likely N-dealkylation sites (tertiary alicyclic amines) is 1. The largest absolute Gasteiger partial charge is 0.370 e. The summed E-state index contributed by atoms with van der Waals surface area (Å²) >= 11 is 0. The van der Waals surface area contributed by atoms with E-state index >= 15 is 0 Å². The van der Waals surface area contributed by atoms with Gasteiger partial charge in [-0.15, -0.1) is 0 Å². The molecule has 2 saturated carbocycles. The van der Waals surface area contributed by atoms with E-state index in [0.29, 0.717) is 11.6 Å². The van der Waals surface area contributed by atoms with Crippen LogP contribution in [-0.4, -0.2) is 41.9 Å². The number of amides is 2. The first-order valence-corrected chi connectivity index (χ1v) is 12.2. The maximum atomic E-state index is 13.9. The molecule has 2 aliphatic heterocycles. The summed E-state index contributed by atoms with van der Waals surface area (Å²) in [6, 6.07) is 5.32. The summed E-state index contributed by atoms with van der Waals surface area (Å²) in [7, 11) is 0. The predicted octanol–water partition coefficient (Wildman–Crippen LogP) is 3.95. The quantitative estimate of drug-likeness (QED) is 0.791. The van der Waals surface area contributed by atoms with Crippen LogP contribution < -0.4 is 10.6 Å². The van der Waals surface area contributed by atoms with E-state index in [2.05, 4.69) is 4.90 Å². The number of primary amides is 1. The summed E-state index contributed by atoms with van der Waals surface area (Å²) in [4.78, 5) is 29.4. The van der Waals surface area contributed by atoms with Crippen molar-refractivity contribution in [3.63, 3.8) is 0 Å². The van der Waals surface area contributed by atoms with Gasteiger partial charge in [-0.05, 0) is 67.7 Å². The maximum absolute atomic E-state index is 13.9. The molecule has 4 aliphatic rings. The molecule has 1 aromatic rings. The summed E-state index contributed by atoms with van der Waals surface area (Å²) < 4.78 is 13.9. The highest BCUT2D eigenvalue weighted by Gasteiger charge is 2.43. The van der Waals surface area contributed by atoms with Crippen LogP contribution in [0.4, 0.5) is 10.1 Å². The number of carbonyl (C=O) groups is 2. The molecule has 2 atom stereocenters. The summed E-state index contributed by atoms with van der Waals surface area (Å²) in [5, 5.41) is 0. The number of fused-ring (bicyclic) bond motifs is 4. The van der Waals surface area contributed by atoms with Crippen LogP contribution in [0.5, 0.6) is 0 Å². The third-order valence-electron chi connectivity index (χ3n) is 8.39. The van der Waals surface area contributed by atoms with Crippen LogP contribution in [0.15, 0.2) is 18.2 Å². The van der Waals surface area contributed by atoms with Crippen molar-refractivity contribution in [2.45, 2.75) is 82.2 Å². The van der Waals surface area contributed by atoms with Gasteiger partial charge in [0, 0.05) is 37.3 Å². The van der Waals surface area contributed by atoms with Crippen molar-refractivity contribution in [1.29, 1.82) is 0 Å². The van der Waals surface area contributed by atoms with Gasteiger partial charge in [-0.25, -0.2) is 4.39 Å². The third-order valence-corrected chi connectivity index (χ3v) is 8.39. The van der Waals surface area contributed by atoms with Gasteiger partial charge in [-0.1, -0.05) is 25.7 Å². The van der Waals surface area contributed by atoms with Crippen molar-refractivity contribution in [2.24, 2.45) is 17.6 Å². The maximum Gasteiger partial charge on any atom is 0.235 e. The zero-order chi connectivity index (χ0) is 21.5. The number of carbonyl (C=O) groups excluding carboxylic acids is 2. The first-order chi connectivity index (χ1) is 15.0. The van der Waals surface area contributed by atoms with E-state index in [4.69, 9.17) is 5.73 Å². The lowest BCUT2D eigenvalue weighted by atomic mass is 9.89. The fourth-order valence-electron chi connectivity index (χ4n) is 6.92. The second-order valence-electron chi connectivity index (χ2n) is 10.2.